The van der Waals surface area contributed by atoms with Crippen molar-refractivity contribution in [1.82, 2.24) is 10.6 Å². The summed E-state index contributed by atoms with van der Waals surface area (Å²) in [5.74, 6) is 0.415. The molecule has 4 heteroatoms. The van der Waals surface area contributed by atoms with E-state index in [0.717, 1.165) is 19.5 Å². The summed E-state index contributed by atoms with van der Waals surface area (Å²) in [5.41, 5.74) is -0.0517. The van der Waals surface area contributed by atoms with Gasteiger partial charge in [0, 0.05) is 26.7 Å². The van der Waals surface area contributed by atoms with Crippen molar-refractivity contribution < 1.29 is 9.53 Å². The first-order valence-corrected chi connectivity index (χ1v) is 5.56. The summed E-state index contributed by atoms with van der Waals surface area (Å²) in [7, 11) is 1.66. The van der Waals surface area contributed by atoms with Crippen LogP contribution in [0.3, 0.4) is 0 Å². The third kappa shape index (κ3) is 4.18. The summed E-state index contributed by atoms with van der Waals surface area (Å²) < 4.78 is 5.01. The summed E-state index contributed by atoms with van der Waals surface area (Å²) in [6.07, 6.45) is 1.56. The van der Waals surface area contributed by atoms with Crippen LogP contribution in [0.15, 0.2) is 0 Å². The molecule has 0 aromatic rings. The molecule has 1 amide bonds. The van der Waals surface area contributed by atoms with E-state index in [0.29, 0.717) is 13.0 Å². The molecule has 88 valence electrons. The van der Waals surface area contributed by atoms with Crippen LogP contribution in [-0.2, 0) is 9.53 Å². The smallest absolute Gasteiger partial charge is 0.220 e. The van der Waals surface area contributed by atoms with Crippen molar-refractivity contribution in [3.05, 3.63) is 0 Å². The van der Waals surface area contributed by atoms with Gasteiger partial charge in [-0.3, -0.25) is 4.79 Å². The van der Waals surface area contributed by atoms with Crippen LogP contribution in [0.4, 0.5) is 0 Å². The Morgan fingerprint density at radius 1 is 1.67 bits per heavy atom. The highest BCUT2D eigenvalue weighted by Crippen LogP contribution is 2.14. The van der Waals surface area contributed by atoms with Crippen LogP contribution in [0.5, 0.6) is 0 Å². The van der Waals surface area contributed by atoms with Gasteiger partial charge in [0.1, 0.15) is 0 Å². The van der Waals surface area contributed by atoms with Crippen LogP contribution < -0.4 is 10.6 Å². The van der Waals surface area contributed by atoms with Gasteiger partial charge >= 0.3 is 0 Å². The lowest BCUT2D eigenvalue weighted by Gasteiger charge is -2.25. The number of amides is 1. The highest BCUT2D eigenvalue weighted by Gasteiger charge is 2.30. The van der Waals surface area contributed by atoms with Crippen molar-refractivity contribution in [2.75, 3.05) is 26.8 Å². The van der Waals surface area contributed by atoms with Gasteiger partial charge in [0.05, 0.1) is 5.54 Å². The molecule has 4 nitrogen and oxygen atoms in total. The molecule has 15 heavy (non-hydrogen) atoms. The van der Waals surface area contributed by atoms with E-state index in [1.807, 2.05) is 6.92 Å². The third-order valence-corrected chi connectivity index (χ3v) is 2.79. The molecule has 2 unspecified atom stereocenters. The number of carbonyl (C=O) groups is 1. The number of methoxy groups -OCH3 is 1. The number of carbonyl (C=O) groups excluding carboxylic acids is 1. The third-order valence-electron chi connectivity index (χ3n) is 2.79. The molecule has 1 heterocycles. The lowest BCUT2D eigenvalue weighted by atomic mass is 10.0. The number of ether oxygens (including phenoxy) is 1. The van der Waals surface area contributed by atoms with E-state index in [2.05, 4.69) is 17.6 Å². The van der Waals surface area contributed by atoms with Crippen LogP contribution in [0.1, 0.15) is 26.7 Å². The largest absolute Gasteiger partial charge is 0.384 e. The summed E-state index contributed by atoms with van der Waals surface area (Å²) in [5, 5.41) is 6.34. The molecule has 1 aliphatic rings. The van der Waals surface area contributed by atoms with Gasteiger partial charge in [-0.1, -0.05) is 6.92 Å². The minimum absolute atomic E-state index is 0.0517. The Kier molecular flexibility index (Phi) is 4.54. The zero-order chi connectivity index (χ0) is 11.3. The summed E-state index contributed by atoms with van der Waals surface area (Å²) >= 11 is 0. The Labute approximate surface area is 91.8 Å². The number of nitrogens with one attached hydrogen (secondary N) is 2. The lowest BCUT2D eigenvalue weighted by molar-refractivity contribution is -0.123. The standard InChI is InChI=1S/C11H22N2O2/c1-9(7-15-3)6-10(14)13-11(2)4-5-12-8-11/h9,12H,4-8H2,1-3H3,(H,13,14). The van der Waals surface area contributed by atoms with Gasteiger partial charge in [-0.05, 0) is 25.8 Å². The Hall–Kier alpha value is -0.610. The first-order chi connectivity index (χ1) is 7.06. The maximum Gasteiger partial charge on any atom is 0.220 e. The zero-order valence-corrected chi connectivity index (χ0v) is 9.93. The molecule has 0 bridgehead atoms. The topological polar surface area (TPSA) is 50.4 Å². The molecule has 0 aliphatic carbocycles. The maximum absolute atomic E-state index is 11.7. The van der Waals surface area contributed by atoms with Crippen molar-refractivity contribution in [3.63, 3.8) is 0 Å². The van der Waals surface area contributed by atoms with Gasteiger partial charge in [0.15, 0.2) is 0 Å². The number of hydrogen-bond acceptors (Lipinski definition) is 3. The van der Waals surface area contributed by atoms with E-state index in [-0.39, 0.29) is 17.4 Å². The monoisotopic (exact) mass is 214 g/mol. The van der Waals surface area contributed by atoms with E-state index >= 15 is 0 Å². The van der Waals surface area contributed by atoms with Crippen LogP contribution in [0.25, 0.3) is 0 Å². The lowest BCUT2D eigenvalue weighted by Crippen LogP contribution is -2.47. The van der Waals surface area contributed by atoms with Gasteiger partial charge in [-0.15, -0.1) is 0 Å². The second-order valence-corrected chi connectivity index (χ2v) is 4.80. The average molecular weight is 214 g/mol. The minimum Gasteiger partial charge on any atom is -0.384 e. The fourth-order valence-electron chi connectivity index (χ4n) is 1.97. The van der Waals surface area contributed by atoms with E-state index in [9.17, 15) is 4.79 Å². The first kappa shape index (κ1) is 12.5. The minimum atomic E-state index is -0.0517. The summed E-state index contributed by atoms with van der Waals surface area (Å²) in [6, 6.07) is 0. The quantitative estimate of drug-likeness (QED) is 0.702. The Balaban J connectivity index is 2.28. The Morgan fingerprint density at radius 2 is 2.40 bits per heavy atom. The predicted octanol–water partition coefficient (Wildman–Crippen LogP) is 0.527. The molecule has 0 saturated carbocycles. The molecular weight excluding hydrogens is 192 g/mol. The highest BCUT2D eigenvalue weighted by atomic mass is 16.5. The van der Waals surface area contributed by atoms with Crippen LogP contribution in [0, 0.1) is 5.92 Å². The highest BCUT2D eigenvalue weighted by molar-refractivity contribution is 5.77. The molecule has 0 radical (unpaired) electrons. The van der Waals surface area contributed by atoms with Gasteiger partial charge in [-0.25, -0.2) is 0 Å². The van der Waals surface area contributed by atoms with Gasteiger partial charge in [0.25, 0.3) is 0 Å². The summed E-state index contributed by atoms with van der Waals surface area (Å²) in [4.78, 5) is 11.7. The molecule has 0 spiro atoms. The molecular formula is C11H22N2O2. The molecule has 1 rings (SSSR count). The van der Waals surface area contributed by atoms with E-state index in [4.69, 9.17) is 4.74 Å². The maximum atomic E-state index is 11.7. The van der Waals surface area contributed by atoms with Gasteiger partial charge in [-0.2, -0.15) is 0 Å². The Bertz CT molecular complexity index is 213. The van der Waals surface area contributed by atoms with Gasteiger partial charge < -0.3 is 15.4 Å². The van der Waals surface area contributed by atoms with Crippen molar-refractivity contribution in [2.45, 2.75) is 32.2 Å². The number of rotatable bonds is 5. The molecule has 1 saturated heterocycles. The van der Waals surface area contributed by atoms with Crippen molar-refractivity contribution in [2.24, 2.45) is 5.92 Å². The van der Waals surface area contributed by atoms with E-state index in [1.54, 1.807) is 7.11 Å². The van der Waals surface area contributed by atoms with Crippen molar-refractivity contribution in [3.8, 4) is 0 Å². The first-order valence-electron chi connectivity index (χ1n) is 5.56. The molecule has 1 fully saturated rings. The fraction of sp³-hybridized carbons (Fsp3) is 0.909. The molecule has 0 aromatic heterocycles. The zero-order valence-electron chi connectivity index (χ0n) is 9.93. The second kappa shape index (κ2) is 5.47. The SMILES string of the molecule is COCC(C)CC(=O)NC1(C)CCNC1. The molecule has 2 N–H and O–H groups in total. The predicted molar refractivity (Wildman–Crippen MR) is 59.7 cm³/mol. The molecule has 2 atom stereocenters. The Morgan fingerprint density at radius 3 is 2.93 bits per heavy atom. The fourth-order valence-corrected chi connectivity index (χ4v) is 1.97. The van der Waals surface area contributed by atoms with Crippen molar-refractivity contribution >= 4 is 5.91 Å². The van der Waals surface area contributed by atoms with Gasteiger partial charge in [0.2, 0.25) is 5.91 Å². The van der Waals surface area contributed by atoms with Crippen LogP contribution in [-0.4, -0.2) is 38.3 Å². The molecule has 0 aromatic carbocycles. The van der Waals surface area contributed by atoms with Crippen molar-refractivity contribution in [1.29, 1.82) is 0 Å². The van der Waals surface area contributed by atoms with Crippen LogP contribution >= 0.6 is 0 Å². The molecule has 1 aliphatic heterocycles. The average Bonchev–Trinajstić information content (AvgIpc) is 2.51. The normalized spacial score (nSPS) is 27.7. The number of hydrogen-bond donors (Lipinski definition) is 2. The van der Waals surface area contributed by atoms with E-state index in [1.165, 1.54) is 0 Å². The summed E-state index contributed by atoms with van der Waals surface area (Å²) in [6.45, 7) is 6.62. The van der Waals surface area contributed by atoms with Crippen LogP contribution in [0.2, 0.25) is 0 Å². The van der Waals surface area contributed by atoms with E-state index < -0.39 is 0 Å². The second-order valence-electron chi connectivity index (χ2n) is 4.80.